The van der Waals surface area contributed by atoms with Gasteiger partial charge in [0.2, 0.25) is 10.0 Å². The molecule has 2 aromatic carbocycles. The molecule has 6 heteroatoms. The van der Waals surface area contributed by atoms with Crippen molar-refractivity contribution < 1.29 is 12.8 Å². The summed E-state index contributed by atoms with van der Waals surface area (Å²) in [7, 11) is 0.0641. The number of nitrogens with zero attached hydrogens (tertiary/aromatic N) is 1. The molecule has 124 valence electrons. The van der Waals surface area contributed by atoms with Crippen molar-refractivity contribution in [1.29, 1.82) is 0 Å². The Morgan fingerprint density at radius 1 is 1.13 bits per heavy atom. The van der Waals surface area contributed by atoms with E-state index in [0.29, 0.717) is 0 Å². The molecule has 2 aromatic rings. The van der Waals surface area contributed by atoms with Gasteiger partial charge in [-0.05, 0) is 50.8 Å². The number of nitrogens with one attached hydrogen (secondary N) is 1. The summed E-state index contributed by atoms with van der Waals surface area (Å²) in [4.78, 5) is 2.08. The summed E-state index contributed by atoms with van der Waals surface area (Å²) in [5.74, 6) is -0.337. The van der Waals surface area contributed by atoms with Crippen molar-refractivity contribution in [1.82, 2.24) is 9.62 Å². The molecule has 0 heterocycles. The molecule has 0 saturated carbocycles. The monoisotopic (exact) mass is 336 g/mol. The molecule has 23 heavy (non-hydrogen) atoms. The van der Waals surface area contributed by atoms with Crippen LogP contribution in [-0.2, 0) is 10.0 Å². The zero-order chi connectivity index (χ0) is 17.0. The molecule has 0 radical (unpaired) electrons. The van der Waals surface area contributed by atoms with Crippen LogP contribution in [-0.4, -0.2) is 34.0 Å². The molecule has 0 fully saturated rings. The van der Waals surface area contributed by atoms with Gasteiger partial charge in [0.15, 0.2) is 0 Å². The standard InChI is InChI=1S/C17H21FN2O2S/c1-13-7-9-16(10-8-13)23(21,22)19-12-17(20(2)3)14-5-4-6-15(18)11-14/h4-11,17,19H,12H2,1-3H3/t17-/m1/s1. The van der Waals surface area contributed by atoms with Gasteiger partial charge >= 0.3 is 0 Å². The lowest BCUT2D eigenvalue weighted by molar-refractivity contribution is 0.299. The first kappa shape index (κ1) is 17.6. The lowest BCUT2D eigenvalue weighted by Crippen LogP contribution is -2.34. The minimum absolute atomic E-state index is 0.159. The Labute approximate surface area is 137 Å². The summed E-state index contributed by atoms with van der Waals surface area (Å²) in [6.45, 7) is 2.06. The molecule has 4 nitrogen and oxygen atoms in total. The topological polar surface area (TPSA) is 49.4 Å². The van der Waals surface area contributed by atoms with Crippen molar-refractivity contribution in [2.24, 2.45) is 0 Å². The molecule has 0 amide bonds. The van der Waals surface area contributed by atoms with Gasteiger partial charge in [0.25, 0.3) is 0 Å². The zero-order valence-corrected chi connectivity index (χ0v) is 14.3. The minimum atomic E-state index is -3.59. The number of hydrogen-bond acceptors (Lipinski definition) is 3. The van der Waals surface area contributed by atoms with Gasteiger partial charge in [0, 0.05) is 12.6 Å². The SMILES string of the molecule is Cc1ccc(S(=O)(=O)NC[C@H](c2cccc(F)c2)N(C)C)cc1. The van der Waals surface area contributed by atoms with Crippen LogP contribution in [0, 0.1) is 12.7 Å². The third kappa shape index (κ3) is 4.60. The van der Waals surface area contributed by atoms with Gasteiger partial charge in [-0.25, -0.2) is 17.5 Å². The second-order valence-electron chi connectivity index (χ2n) is 5.70. The predicted octanol–water partition coefficient (Wildman–Crippen LogP) is 2.72. The van der Waals surface area contributed by atoms with E-state index in [1.165, 1.54) is 12.1 Å². The van der Waals surface area contributed by atoms with E-state index >= 15 is 0 Å². The average Bonchev–Trinajstić information content (AvgIpc) is 2.47. The Morgan fingerprint density at radius 3 is 2.35 bits per heavy atom. The predicted molar refractivity (Wildman–Crippen MR) is 89.2 cm³/mol. The van der Waals surface area contributed by atoms with Gasteiger partial charge in [0.1, 0.15) is 5.82 Å². The molecule has 2 rings (SSSR count). The van der Waals surface area contributed by atoms with Crippen molar-refractivity contribution in [2.75, 3.05) is 20.6 Å². The van der Waals surface area contributed by atoms with Crippen LogP contribution in [0.5, 0.6) is 0 Å². The molecule has 0 saturated heterocycles. The molecule has 1 N–H and O–H groups in total. The Morgan fingerprint density at radius 2 is 1.78 bits per heavy atom. The maximum Gasteiger partial charge on any atom is 0.240 e. The average molecular weight is 336 g/mol. The highest BCUT2D eigenvalue weighted by atomic mass is 32.2. The molecule has 0 aliphatic rings. The maximum absolute atomic E-state index is 13.4. The number of rotatable bonds is 6. The van der Waals surface area contributed by atoms with E-state index in [-0.39, 0.29) is 23.3 Å². The Bertz CT molecular complexity index is 758. The highest BCUT2D eigenvalue weighted by Crippen LogP contribution is 2.19. The third-order valence-electron chi connectivity index (χ3n) is 3.65. The quantitative estimate of drug-likeness (QED) is 0.882. The number of halogens is 1. The molecule has 0 aromatic heterocycles. The van der Waals surface area contributed by atoms with Crippen LogP contribution in [0.25, 0.3) is 0 Å². The normalized spacial score (nSPS) is 13.3. The largest absolute Gasteiger partial charge is 0.301 e. The van der Waals surface area contributed by atoms with Crippen LogP contribution in [0.2, 0.25) is 0 Å². The smallest absolute Gasteiger partial charge is 0.240 e. The van der Waals surface area contributed by atoms with Gasteiger partial charge < -0.3 is 4.90 Å². The van der Waals surface area contributed by atoms with Gasteiger partial charge in [-0.1, -0.05) is 29.8 Å². The van der Waals surface area contributed by atoms with Crippen molar-refractivity contribution >= 4 is 10.0 Å². The lowest BCUT2D eigenvalue weighted by atomic mass is 10.1. The third-order valence-corrected chi connectivity index (χ3v) is 5.09. The Kier molecular flexibility index (Phi) is 5.51. The summed E-state index contributed by atoms with van der Waals surface area (Å²) in [5.41, 5.74) is 1.72. The number of benzene rings is 2. The first-order chi connectivity index (χ1) is 10.8. The van der Waals surface area contributed by atoms with E-state index in [2.05, 4.69) is 4.72 Å². The van der Waals surface area contributed by atoms with Crippen LogP contribution in [0.4, 0.5) is 4.39 Å². The van der Waals surface area contributed by atoms with E-state index in [0.717, 1.165) is 11.1 Å². The second-order valence-corrected chi connectivity index (χ2v) is 7.47. The lowest BCUT2D eigenvalue weighted by Gasteiger charge is -2.25. The van der Waals surface area contributed by atoms with Gasteiger partial charge in [-0.2, -0.15) is 0 Å². The van der Waals surface area contributed by atoms with Crippen molar-refractivity contribution in [3.05, 3.63) is 65.5 Å². The first-order valence-electron chi connectivity index (χ1n) is 7.28. The maximum atomic E-state index is 13.4. The molecule has 0 aliphatic carbocycles. The zero-order valence-electron chi connectivity index (χ0n) is 13.5. The van der Waals surface area contributed by atoms with Crippen LogP contribution in [0.1, 0.15) is 17.2 Å². The van der Waals surface area contributed by atoms with Gasteiger partial charge in [-0.15, -0.1) is 0 Å². The molecule has 1 atom stereocenters. The fourth-order valence-electron chi connectivity index (χ4n) is 2.30. The van der Waals surface area contributed by atoms with Gasteiger partial charge in [-0.3, -0.25) is 0 Å². The summed E-state index contributed by atoms with van der Waals surface area (Å²) in [6.07, 6.45) is 0. The highest BCUT2D eigenvalue weighted by Gasteiger charge is 2.19. The Balaban J connectivity index is 2.17. The van der Waals surface area contributed by atoms with E-state index in [9.17, 15) is 12.8 Å². The second kappa shape index (κ2) is 7.21. The summed E-state index contributed by atoms with van der Waals surface area (Å²) in [5, 5.41) is 0. The molecule has 0 bridgehead atoms. The molecule has 0 unspecified atom stereocenters. The van der Waals surface area contributed by atoms with E-state index in [4.69, 9.17) is 0 Å². The van der Waals surface area contributed by atoms with Crippen molar-refractivity contribution in [2.45, 2.75) is 17.9 Å². The van der Waals surface area contributed by atoms with Crippen LogP contribution in [0.15, 0.2) is 53.4 Å². The molecular formula is C17H21FN2O2S. The van der Waals surface area contributed by atoms with Gasteiger partial charge in [0.05, 0.1) is 4.90 Å². The van der Waals surface area contributed by atoms with Crippen molar-refractivity contribution in [3.63, 3.8) is 0 Å². The van der Waals surface area contributed by atoms with E-state index < -0.39 is 10.0 Å². The summed E-state index contributed by atoms with van der Waals surface area (Å²) >= 11 is 0. The molecular weight excluding hydrogens is 315 g/mol. The molecule has 0 aliphatic heterocycles. The summed E-state index contributed by atoms with van der Waals surface area (Å²) < 4.78 is 40.7. The minimum Gasteiger partial charge on any atom is -0.301 e. The molecule has 0 spiro atoms. The number of hydrogen-bond donors (Lipinski definition) is 1. The number of likely N-dealkylation sites (N-methyl/N-ethyl adjacent to an activating group) is 1. The summed E-state index contributed by atoms with van der Waals surface area (Å²) in [6, 6.07) is 12.6. The number of aryl methyl sites for hydroxylation is 1. The van der Waals surface area contributed by atoms with E-state index in [1.807, 2.05) is 25.9 Å². The highest BCUT2D eigenvalue weighted by molar-refractivity contribution is 7.89. The van der Waals surface area contributed by atoms with Crippen molar-refractivity contribution in [3.8, 4) is 0 Å². The van der Waals surface area contributed by atoms with E-state index in [1.54, 1.807) is 36.4 Å². The fraction of sp³-hybridized carbons (Fsp3) is 0.294. The van der Waals surface area contributed by atoms with Crippen LogP contribution < -0.4 is 4.72 Å². The number of sulfonamides is 1. The van der Waals surface area contributed by atoms with Crippen LogP contribution in [0.3, 0.4) is 0 Å². The van der Waals surface area contributed by atoms with Crippen LogP contribution >= 0.6 is 0 Å². The fourth-order valence-corrected chi connectivity index (χ4v) is 3.34. The first-order valence-corrected chi connectivity index (χ1v) is 8.76. The Hall–Kier alpha value is -1.76.